The molecule has 1 amide bonds. The van der Waals surface area contributed by atoms with Crippen molar-refractivity contribution in [1.29, 1.82) is 0 Å². The molecule has 0 bridgehead atoms. The number of rotatable bonds is 2. The number of hydrogen-bond donors (Lipinski definition) is 2. The summed E-state index contributed by atoms with van der Waals surface area (Å²) in [5.41, 5.74) is 0.510. The van der Waals surface area contributed by atoms with E-state index in [1.54, 1.807) is 12.1 Å². The smallest absolute Gasteiger partial charge is 0.259 e. The zero-order valence-corrected chi connectivity index (χ0v) is 9.35. The van der Waals surface area contributed by atoms with Gasteiger partial charge in [0.2, 0.25) is 0 Å². The first-order valence-electron chi connectivity index (χ1n) is 4.73. The lowest BCUT2D eigenvalue weighted by atomic mass is 10.2. The Morgan fingerprint density at radius 1 is 1.35 bits per heavy atom. The van der Waals surface area contributed by atoms with Gasteiger partial charge in [-0.05, 0) is 18.2 Å². The van der Waals surface area contributed by atoms with E-state index < -0.39 is 5.91 Å². The minimum atomic E-state index is -0.472. The van der Waals surface area contributed by atoms with Crippen molar-refractivity contribution in [2.45, 2.75) is 0 Å². The second kappa shape index (κ2) is 4.80. The fourth-order valence-corrected chi connectivity index (χ4v) is 1.41. The van der Waals surface area contributed by atoms with Crippen molar-refractivity contribution in [3.8, 4) is 5.75 Å². The summed E-state index contributed by atoms with van der Waals surface area (Å²) in [5.74, 6) is -0.662. The van der Waals surface area contributed by atoms with E-state index >= 15 is 0 Å². The molecule has 2 rings (SSSR count). The maximum absolute atomic E-state index is 11.8. The van der Waals surface area contributed by atoms with Gasteiger partial charge in [-0.15, -0.1) is 0 Å². The number of aromatic hydroxyl groups is 1. The second-order valence-electron chi connectivity index (χ2n) is 3.19. The highest BCUT2D eigenvalue weighted by Gasteiger charge is 2.12. The minimum absolute atomic E-state index is 0.125. The fourth-order valence-electron chi connectivity index (χ4n) is 1.25. The standard InChI is InChI=1S/C11H8ClN3O2/c12-10-8(2-1-4-14-10)15-11(17)7-3-5-13-6-9(7)16/h1-6,16H,(H,15,17). The number of hydrogen-bond acceptors (Lipinski definition) is 4. The third-order valence-electron chi connectivity index (χ3n) is 2.05. The third kappa shape index (κ3) is 2.51. The van der Waals surface area contributed by atoms with Gasteiger partial charge < -0.3 is 10.4 Å². The van der Waals surface area contributed by atoms with Crippen LogP contribution in [0.1, 0.15) is 10.4 Å². The molecule has 0 atom stereocenters. The van der Waals surface area contributed by atoms with E-state index in [4.69, 9.17) is 11.6 Å². The fraction of sp³-hybridized carbons (Fsp3) is 0. The molecule has 0 spiro atoms. The SMILES string of the molecule is O=C(Nc1cccnc1Cl)c1ccncc1O. The quantitative estimate of drug-likeness (QED) is 0.799. The van der Waals surface area contributed by atoms with Crippen LogP contribution in [0.25, 0.3) is 0 Å². The summed E-state index contributed by atoms with van der Waals surface area (Å²) in [6.45, 7) is 0. The lowest BCUT2D eigenvalue weighted by Crippen LogP contribution is -2.12. The number of nitrogens with zero attached hydrogens (tertiary/aromatic N) is 2. The van der Waals surface area contributed by atoms with Crippen molar-refractivity contribution in [1.82, 2.24) is 9.97 Å². The van der Waals surface area contributed by atoms with E-state index in [9.17, 15) is 9.90 Å². The maximum Gasteiger partial charge on any atom is 0.259 e. The van der Waals surface area contributed by atoms with Crippen molar-refractivity contribution in [3.63, 3.8) is 0 Å². The molecule has 0 aliphatic heterocycles. The van der Waals surface area contributed by atoms with E-state index in [2.05, 4.69) is 15.3 Å². The Morgan fingerprint density at radius 3 is 2.88 bits per heavy atom. The molecule has 0 aromatic carbocycles. The third-order valence-corrected chi connectivity index (χ3v) is 2.35. The van der Waals surface area contributed by atoms with E-state index in [1.807, 2.05) is 0 Å². The first-order valence-corrected chi connectivity index (χ1v) is 5.11. The van der Waals surface area contributed by atoms with Gasteiger partial charge in [0.15, 0.2) is 5.15 Å². The number of pyridine rings is 2. The topological polar surface area (TPSA) is 75.1 Å². The van der Waals surface area contributed by atoms with Crippen LogP contribution in [0.5, 0.6) is 5.75 Å². The van der Waals surface area contributed by atoms with E-state index in [-0.39, 0.29) is 16.5 Å². The zero-order chi connectivity index (χ0) is 12.3. The van der Waals surface area contributed by atoms with Crippen LogP contribution >= 0.6 is 11.6 Å². The van der Waals surface area contributed by atoms with Gasteiger partial charge in [0, 0.05) is 12.4 Å². The molecule has 0 saturated carbocycles. The van der Waals surface area contributed by atoms with Gasteiger partial charge in [0.25, 0.3) is 5.91 Å². The van der Waals surface area contributed by atoms with Crippen LogP contribution in [0.15, 0.2) is 36.8 Å². The Kier molecular flexibility index (Phi) is 3.20. The lowest BCUT2D eigenvalue weighted by Gasteiger charge is -2.06. The van der Waals surface area contributed by atoms with E-state index in [0.29, 0.717) is 5.69 Å². The summed E-state index contributed by atoms with van der Waals surface area (Å²) in [6, 6.07) is 4.67. The van der Waals surface area contributed by atoms with Crippen LogP contribution in [0.2, 0.25) is 5.15 Å². The van der Waals surface area contributed by atoms with Crippen molar-refractivity contribution in [3.05, 3.63) is 47.5 Å². The first kappa shape index (κ1) is 11.3. The summed E-state index contributed by atoms with van der Waals surface area (Å²) in [4.78, 5) is 19.3. The number of halogens is 1. The molecule has 0 fully saturated rings. The van der Waals surface area contributed by atoms with Gasteiger partial charge in [0.1, 0.15) is 5.75 Å². The summed E-state index contributed by atoms with van der Waals surface area (Å²) in [6.07, 6.45) is 4.13. The Hall–Kier alpha value is -2.14. The molecule has 5 nitrogen and oxygen atoms in total. The van der Waals surface area contributed by atoms with Gasteiger partial charge >= 0.3 is 0 Å². The van der Waals surface area contributed by atoms with Crippen LogP contribution in [0, 0.1) is 0 Å². The number of carbonyl (C=O) groups excluding carboxylic acids is 1. The van der Waals surface area contributed by atoms with Crippen LogP contribution in [0.3, 0.4) is 0 Å². The molecule has 2 aromatic heterocycles. The van der Waals surface area contributed by atoms with Crippen LogP contribution in [-0.2, 0) is 0 Å². The predicted molar refractivity (Wildman–Crippen MR) is 63.1 cm³/mol. The number of amides is 1. The Labute approximate surface area is 102 Å². The van der Waals surface area contributed by atoms with Crippen molar-refractivity contribution in [2.75, 3.05) is 5.32 Å². The molecule has 0 radical (unpaired) electrons. The van der Waals surface area contributed by atoms with Gasteiger partial charge in [-0.3, -0.25) is 9.78 Å². The number of carbonyl (C=O) groups is 1. The highest BCUT2D eigenvalue weighted by molar-refractivity contribution is 6.32. The Morgan fingerprint density at radius 2 is 2.18 bits per heavy atom. The average Bonchev–Trinajstić information content (AvgIpc) is 2.32. The molecular weight excluding hydrogens is 242 g/mol. The largest absolute Gasteiger partial charge is 0.505 e. The van der Waals surface area contributed by atoms with Gasteiger partial charge in [-0.25, -0.2) is 4.98 Å². The zero-order valence-electron chi connectivity index (χ0n) is 8.59. The summed E-state index contributed by atoms with van der Waals surface area (Å²) >= 11 is 5.79. The minimum Gasteiger partial charge on any atom is -0.505 e. The average molecular weight is 250 g/mol. The van der Waals surface area contributed by atoms with E-state index in [1.165, 1.54) is 24.7 Å². The molecule has 2 aromatic rings. The Bertz CT molecular complexity index is 560. The molecule has 17 heavy (non-hydrogen) atoms. The van der Waals surface area contributed by atoms with Gasteiger partial charge in [-0.1, -0.05) is 11.6 Å². The monoisotopic (exact) mass is 249 g/mol. The predicted octanol–water partition coefficient (Wildman–Crippen LogP) is 2.09. The van der Waals surface area contributed by atoms with Crippen molar-refractivity contribution in [2.24, 2.45) is 0 Å². The molecule has 86 valence electrons. The highest BCUT2D eigenvalue weighted by atomic mass is 35.5. The van der Waals surface area contributed by atoms with Crippen LogP contribution in [0.4, 0.5) is 5.69 Å². The number of anilines is 1. The molecule has 2 heterocycles. The van der Waals surface area contributed by atoms with Crippen molar-refractivity contribution >= 4 is 23.2 Å². The maximum atomic E-state index is 11.8. The van der Waals surface area contributed by atoms with Crippen LogP contribution in [-0.4, -0.2) is 21.0 Å². The Balaban J connectivity index is 2.24. The van der Waals surface area contributed by atoms with Gasteiger partial charge in [0.05, 0.1) is 17.4 Å². The van der Waals surface area contributed by atoms with E-state index in [0.717, 1.165) is 0 Å². The number of nitrogens with one attached hydrogen (secondary N) is 1. The molecule has 0 aliphatic carbocycles. The normalized spacial score (nSPS) is 9.94. The summed E-state index contributed by atoms with van der Waals surface area (Å²) in [5, 5.41) is 12.2. The van der Waals surface area contributed by atoms with Crippen LogP contribution < -0.4 is 5.32 Å². The van der Waals surface area contributed by atoms with Gasteiger partial charge in [-0.2, -0.15) is 0 Å². The molecule has 6 heteroatoms. The van der Waals surface area contributed by atoms with Crippen molar-refractivity contribution < 1.29 is 9.90 Å². The number of aromatic nitrogens is 2. The molecule has 0 aliphatic rings. The second-order valence-corrected chi connectivity index (χ2v) is 3.55. The summed E-state index contributed by atoms with van der Waals surface area (Å²) in [7, 11) is 0. The highest BCUT2D eigenvalue weighted by Crippen LogP contribution is 2.20. The summed E-state index contributed by atoms with van der Waals surface area (Å²) < 4.78 is 0. The molecule has 0 unspecified atom stereocenters. The first-order chi connectivity index (χ1) is 8.18. The lowest BCUT2D eigenvalue weighted by molar-refractivity contribution is 0.102. The molecule has 2 N–H and O–H groups in total. The molecule has 0 saturated heterocycles. The molecular formula is C11H8ClN3O2.